The molecule has 0 bridgehead atoms. The van der Waals surface area contributed by atoms with Crippen molar-refractivity contribution < 1.29 is 4.74 Å². The number of benzene rings is 4. The molecule has 4 aromatic carbocycles. The number of imidazole rings is 1. The quantitative estimate of drug-likeness (QED) is 0.390. The number of rotatable bonds is 2. The zero-order chi connectivity index (χ0) is 19.4. The van der Waals surface area contributed by atoms with E-state index in [1.54, 1.807) is 0 Å². The first-order valence-electron chi connectivity index (χ1n) is 9.85. The third-order valence-corrected chi connectivity index (χ3v) is 5.73. The minimum atomic E-state index is 0.669. The minimum absolute atomic E-state index is 0.669. The Balaban J connectivity index is 1.62. The van der Waals surface area contributed by atoms with Crippen molar-refractivity contribution in [3.63, 3.8) is 0 Å². The SMILES string of the molecule is Cn1c(-c2ccc(C3=NCCO3)cc2)nc2c3ccccc3c3ccccc3c21. The summed E-state index contributed by atoms with van der Waals surface area (Å²) < 4.78 is 7.79. The van der Waals surface area contributed by atoms with Crippen molar-refractivity contribution in [1.82, 2.24) is 9.55 Å². The first-order valence-corrected chi connectivity index (χ1v) is 9.85. The summed E-state index contributed by atoms with van der Waals surface area (Å²) in [6, 6.07) is 25.4. The summed E-state index contributed by atoms with van der Waals surface area (Å²) in [5, 5.41) is 4.92. The Hall–Kier alpha value is -3.66. The van der Waals surface area contributed by atoms with Crippen LogP contribution in [-0.2, 0) is 11.8 Å². The molecule has 0 saturated heterocycles. The lowest BCUT2D eigenvalue weighted by Crippen LogP contribution is -2.01. The van der Waals surface area contributed by atoms with Gasteiger partial charge in [-0.3, -0.25) is 0 Å². The summed E-state index contributed by atoms with van der Waals surface area (Å²) in [6.45, 7) is 1.41. The average Bonchev–Trinajstić information content (AvgIpc) is 3.43. The van der Waals surface area contributed by atoms with E-state index in [1.807, 2.05) is 0 Å². The fourth-order valence-electron chi connectivity index (χ4n) is 4.37. The average molecular weight is 377 g/mol. The van der Waals surface area contributed by atoms with Gasteiger partial charge in [-0.05, 0) is 22.9 Å². The number of aromatic nitrogens is 2. The number of hydrogen-bond acceptors (Lipinski definition) is 3. The summed E-state index contributed by atoms with van der Waals surface area (Å²) in [4.78, 5) is 9.49. The third-order valence-electron chi connectivity index (χ3n) is 5.73. The standard InChI is InChI=1S/C25H19N3O/c1-28-23-21-9-5-3-7-19(21)18-6-2-4-8-20(18)22(23)27-24(28)16-10-12-17(13-11-16)25-26-14-15-29-25/h2-13H,14-15H2,1H3. The lowest BCUT2D eigenvalue weighted by Gasteiger charge is -2.08. The normalized spacial score (nSPS) is 13.9. The molecule has 0 aliphatic carbocycles. The number of aryl methyl sites for hydroxylation is 1. The number of aliphatic imine (C=N–C) groups is 1. The number of fused-ring (bicyclic) bond motifs is 6. The van der Waals surface area contributed by atoms with Crippen LogP contribution in [0.4, 0.5) is 0 Å². The number of hydrogen-bond donors (Lipinski definition) is 0. The monoisotopic (exact) mass is 377 g/mol. The fraction of sp³-hybridized carbons (Fsp3) is 0.120. The molecule has 1 aromatic heterocycles. The minimum Gasteiger partial charge on any atom is -0.476 e. The predicted octanol–water partition coefficient (Wildman–Crippen LogP) is 5.32. The van der Waals surface area contributed by atoms with Gasteiger partial charge in [-0.25, -0.2) is 9.98 Å². The number of ether oxygens (including phenoxy) is 1. The van der Waals surface area contributed by atoms with E-state index in [4.69, 9.17) is 9.72 Å². The molecule has 0 fully saturated rings. The van der Waals surface area contributed by atoms with Crippen LogP contribution in [-0.4, -0.2) is 28.6 Å². The van der Waals surface area contributed by atoms with Gasteiger partial charge in [0.25, 0.3) is 0 Å². The van der Waals surface area contributed by atoms with Gasteiger partial charge in [0, 0.05) is 28.9 Å². The fourth-order valence-corrected chi connectivity index (χ4v) is 4.37. The van der Waals surface area contributed by atoms with E-state index in [-0.39, 0.29) is 0 Å². The highest BCUT2D eigenvalue weighted by Gasteiger charge is 2.17. The molecular formula is C25H19N3O. The van der Waals surface area contributed by atoms with Crippen molar-refractivity contribution in [1.29, 1.82) is 0 Å². The summed E-state index contributed by atoms with van der Waals surface area (Å²) in [7, 11) is 2.10. The Morgan fingerprint density at radius 3 is 2.07 bits per heavy atom. The molecule has 0 saturated carbocycles. The van der Waals surface area contributed by atoms with Crippen LogP contribution in [0.2, 0.25) is 0 Å². The molecule has 140 valence electrons. The highest BCUT2D eigenvalue weighted by Crippen LogP contribution is 2.36. The van der Waals surface area contributed by atoms with Gasteiger partial charge in [0.1, 0.15) is 12.4 Å². The van der Waals surface area contributed by atoms with E-state index in [0.717, 1.165) is 34.9 Å². The van der Waals surface area contributed by atoms with Gasteiger partial charge in [0.2, 0.25) is 5.90 Å². The van der Waals surface area contributed by atoms with E-state index in [2.05, 4.69) is 89.4 Å². The first kappa shape index (κ1) is 16.3. The molecule has 1 aliphatic rings. The number of nitrogens with zero attached hydrogens (tertiary/aromatic N) is 3. The zero-order valence-electron chi connectivity index (χ0n) is 16.1. The van der Waals surface area contributed by atoms with Crippen molar-refractivity contribution in [3.05, 3.63) is 78.4 Å². The summed E-state index contributed by atoms with van der Waals surface area (Å²) >= 11 is 0. The van der Waals surface area contributed by atoms with Crippen LogP contribution in [0.3, 0.4) is 0 Å². The zero-order valence-corrected chi connectivity index (χ0v) is 16.1. The molecule has 0 N–H and O–H groups in total. The van der Waals surface area contributed by atoms with Crippen molar-refractivity contribution in [2.75, 3.05) is 13.2 Å². The maximum absolute atomic E-state index is 5.58. The van der Waals surface area contributed by atoms with Crippen LogP contribution < -0.4 is 0 Å². The highest BCUT2D eigenvalue weighted by atomic mass is 16.5. The van der Waals surface area contributed by atoms with Gasteiger partial charge in [-0.15, -0.1) is 0 Å². The van der Waals surface area contributed by atoms with Gasteiger partial charge < -0.3 is 9.30 Å². The van der Waals surface area contributed by atoms with Crippen LogP contribution in [0.5, 0.6) is 0 Å². The Bertz CT molecular complexity index is 1430. The Labute approximate surface area is 168 Å². The van der Waals surface area contributed by atoms with E-state index >= 15 is 0 Å². The van der Waals surface area contributed by atoms with Gasteiger partial charge in [-0.2, -0.15) is 0 Å². The molecule has 0 amide bonds. The second-order valence-electron chi connectivity index (χ2n) is 7.40. The second kappa shape index (κ2) is 6.17. The van der Waals surface area contributed by atoms with Crippen LogP contribution in [0, 0.1) is 0 Å². The lowest BCUT2D eigenvalue weighted by molar-refractivity contribution is 0.348. The van der Waals surface area contributed by atoms with Gasteiger partial charge in [0.05, 0.1) is 17.6 Å². The third kappa shape index (κ3) is 2.39. The maximum Gasteiger partial charge on any atom is 0.216 e. The smallest absolute Gasteiger partial charge is 0.216 e. The maximum atomic E-state index is 5.58. The Kier molecular flexibility index (Phi) is 3.47. The second-order valence-corrected chi connectivity index (χ2v) is 7.40. The van der Waals surface area contributed by atoms with Crippen molar-refractivity contribution >= 4 is 38.5 Å². The molecule has 6 rings (SSSR count). The highest BCUT2D eigenvalue weighted by molar-refractivity contribution is 6.23. The molecule has 5 aromatic rings. The molecule has 0 unspecified atom stereocenters. The van der Waals surface area contributed by atoms with Crippen LogP contribution >= 0.6 is 0 Å². The molecule has 0 radical (unpaired) electrons. The molecule has 1 aliphatic heterocycles. The van der Waals surface area contributed by atoms with Crippen LogP contribution in [0.15, 0.2) is 77.8 Å². The Morgan fingerprint density at radius 2 is 1.38 bits per heavy atom. The van der Waals surface area contributed by atoms with E-state index < -0.39 is 0 Å². The summed E-state index contributed by atoms with van der Waals surface area (Å²) in [5.74, 6) is 1.70. The molecule has 2 heterocycles. The predicted molar refractivity (Wildman–Crippen MR) is 119 cm³/mol. The van der Waals surface area contributed by atoms with Gasteiger partial charge in [0.15, 0.2) is 0 Å². The molecule has 0 spiro atoms. The first-order chi connectivity index (χ1) is 14.3. The van der Waals surface area contributed by atoms with Crippen molar-refractivity contribution in [2.45, 2.75) is 0 Å². The molecule has 4 nitrogen and oxygen atoms in total. The van der Waals surface area contributed by atoms with Gasteiger partial charge in [-0.1, -0.05) is 60.7 Å². The largest absolute Gasteiger partial charge is 0.476 e. The molecule has 4 heteroatoms. The van der Waals surface area contributed by atoms with E-state index in [1.165, 1.54) is 27.1 Å². The van der Waals surface area contributed by atoms with Crippen LogP contribution in [0.1, 0.15) is 5.56 Å². The van der Waals surface area contributed by atoms with Crippen LogP contribution in [0.25, 0.3) is 44.0 Å². The van der Waals surface area contributed by atoms with Crippen molar-refractivity contribution in [3.8, 4) is 11.4 Å². The van der Waals surface area contributed by atoms with E-state index in [0.29, 0.717) is 6.61 Å². The lowest BCUT2D eigenvalue weighted by atomic mass is 10.00. The van der Waals surface area contributed by atoms with E-state index in [9.17, 15) is 0 Å². The molecule has 0 atom stereocenters. The topological polar surface area (TPSA) is 39.4 Å². The van der Waals surface area contributed by atoms with Gasteiger partial charge >= 0.3 is 0 Å². The summed E-state index contributed by atoms with van der Waals surface area (Å²) in [6.07, 6.45) is 0. The Morgan fingerprint density at radius 1 is 0.759 bits per heavy atom. The summed E-state index contributed by atoms with van der Waals surface area (Å²) in [5.41, 5.74) is 4.31. The van der Waals surface area contributed by atoms with Crippen molar-refractivity contribution in [2.24, 2.45) is 12.0 Å². The molecule has 29 heavy (non-hydrogen) atoms. The molecular weight excluding hydrogens is 358 g/mol.